The first-order valence-electron chi connectivity index (χ1n) is 14.9. The van der Waals surface area contributed by atoms with Gasteiger partial charge in [0.2, 0.25) is 5.91 Å². The van der Waals surface area contributed by atoms with Crippen LogP contribution in [0.15, 0.2) is 42.4 Å². The first-order valence-corrected chi connectivity index (χ1v) is 6.32. The number of pyridine rings is 1. The van der Waals surface area contributed by atoms with Crippen LogP contribution in [0.1, 0.15) is 40.1 Å². The number of amides is 1. The van der Waals surface area contributed by atoms with E-state index in [0.717, 1.165) is 0 Å². The van der Waals surface area contributed by atoms with E-state index in [1.165, 1.54) is 6.92 Å². The molecule has 0 aliphatic heterocycles. The van der Waals surface area contributed by atoms with E-state index in [0.29, 0.717) is 4.40 Å². The zero-order chi connectivity index (χ0) is 31.0. The third-order valence-corrected chi connectivity index (χ3v) is 2.90. The van der Waals surface area contributed by atoms with Gasteiger partial charge in [0.1, 0.15) is 5.65 Å². The van der Waals surface area contributed by atoms with Crippen molar-refractivity contribution < 1.29 is 28.1 Å². The minimum absolute atomic E-state index is 0.150. The molecule has 4 heteroatoms. The lowest BCUT2D eigenvalue weighted by Gasteiger charge is -2.11. The van der Waals surface area contributed by atoms with Crippen LogP contribution in [0.5, 0.6) is 0 Å². The summed E-state index contributed by atoms with van der Waals surface area (Å²) in [7, 11) is 0. The van der Waals surface area contributed by atoms with Crippen molar-refractivity contribution in [2.75, 3.05) is 14.0 Å². The molecule has 0 spiro atoms. The maximum Gasteiger partial charge on any atom is 0.228 e. The van der Waals surface area contributed by atoms with Gasteiger partial charge in [-0.1, -0.05) is 35.8 Å². The summed E-state index contributed by atoms with van der Waals surface area (Å²) in [5.41, 5.74) is -3.89. The van der Waals surface area contributed by atoms with E-state index in [1.54, 1.807) is 0 Å². The third-order valence-electron chi connectivity index (χ3n) is 2.90. The van der Waals surface area contributed by atoms with Gasteiger partial charge in [0, 0.05) is 39.4 Å². The molecule has 0 aliphatic rings. The number of imidazole rings is 1. The van der Waals surface area contributed by atoms with Gasteiger partial charge in [0.25, 0.3) is 0 Å². The molecule has 0 saturated carbocycles. The molecule has 0 bridgehead atoms. The molecule has 118 valence electrons. The Morgan fingerprint density at radius 2 is 2.00 bits per heavy atom. The van der Waals surface area contributed by atoms with Crippen LogP contribution in [0.3, 0.4) is 0 Å². The normalized spacial score (nSPS) is 24.7. The molecule has 0 radical (unpaired) electrons. The van der Waals surface area contributed by atoms with E-state index >= 15 is 0 Å². The van der Waals surface area contributed by atoms with Crippen molar-refractivity contribution in [1.29, 1.82) is 0 Å². The van der Waals surface area contributed by atoms with Crippen LogP contribution < -0.4 is 0 Å². The Morgan fingerprint density at radius 3 is 2.70 bits per heavy atom. The molecule has 2 heterocycles. The number of aromatic nitrogens is 2. The van der Waals surface area contributed by atoms with Crippen molar-refractivity contribution in [1.82, 2.24) is 14.3 Å². The largest absolute Gasteiger partial charge is 0.348 e. The van der Waals surface area contributed by atoms with E-state index in [-0.39, 0.29) is 5.56 Å². The zero-order valence-corrected chi connectivity index (χ0v) is 11.8. The number of hydrogen-bond acceptors (Lipinski definition) is 2. The summed E-state index contributed by atoms with van der Waals surface area (Å²) in [6.45, 7) is -8.96. The number of rotatable bonds is 3. The monoisotopic (exact) mass is 324 g/mol. The van der Waals surface area contributed by atoms with Crippen LogP contribution in [-0.2, 0) is 11.2 Å². The van der Waals surface area contributed by atoms with Gasteiger partial charge < -0.3 is 9.30 Å². The highest BCUT2D eigenvalue weighted by Crippen LogP contribution is 2.26. The van der Waals surface area contributed by atoms with Gasteiger partial charge >= 0.3 is 0 Å². The first-order chi connectivity index (χ1) is 18.0. The smallest absolute Gasteiger partial charge is 0.228 e. The maximum atomic E-state index is 13.3. The van der Waals surface area contributed by atoms with Gasteiger partial charge in [-0.15, -0.1) is 0 Å². The summed E-state index contributed by atoms with van der Waals surface area (Å²) in [4.78, 5) is 16.8. The Hall–Kier alpha value is -2.62. The Kier molecular flexibility index (Phi) is 1.26. The number of carbonyl (C=O) groups is 1. The fourth-order valence-corrected chi connectivity index (χ4v) is 1.90. The summed E-state index contributed by atoms with van der Waals surface area (Å²) in [5, 5.41) is 0. The molecular weight excluding hydrogens is 286 g/mol. The minimum atomic E-state index is -3.57. The minimum Gasteiger partial charge on any atom is -0.348 e. The molecular formula is C19H21N3O. The summed E-state index contributed by atoms with van der Waals surface area (Å²) in [5.74, 6) is -1.82. The van der Waals surface area contributed by atoms with Gasteiger partial charge in [0.15, 0.2) is 0 Å². The quantitative estimate of drug-likeness (QED) is 0.742. The average Bonchev–Trinajstić information content (AvgIpc) is 3.17. The van der Waals surface area contributed by atoms with Gasteiger partial charge in [-0.05, 0) is 25.4 Å². The van der Waals surface area contributed by atoms with Crippen LogP contribution in [0.2, 0.25) is 0 Å². The fraction of sp³-hybridized carbons (Fsp3) is 0.263. The molecule has 0 fully saturated rings. The molecule has 23 heavy (non-hydrogen) atoms. The van der Waals surface area contributed by atoms with Crippen LogP contribution in [0, 0.1) is 13.8 Å². The molecule has 1 atom stereocenters. The Balaban J connectivity index is 2.56. The fourth-order valence-electron chi connectivity index (χ4n) is 1.90. The molecule has 0 aliphatic carbocycles. The summed E-state index contributed by atoms with van der Waals surface area (Å²) in [6.07, 6.45) is -3.13. The molecule has 3 rings (SSSR count). The predicted molar refractivity (Wildman–Crippen MR) is 92.5 cm³/mol. The van der Waals surface area contributed by atoms with Crippen molar-refractivity contribution in [3.63, 3.8) is 0 Å². The Bertz CT molecular complexity index is 1490. The highest BCUT2D eigenvalue weighted by molar-refractivity contribution is 5.81. The van der Waals surface area contributed by atoms with Crippen LogP contribution >= 0.6 is 0 Å². The van der Waals surface area contributed by atoms with Crippen molar-refractivity contribution in [2.45, 2.75) is 20.2 Å². The lowest BCUT2D eigenvalue weighted by atomic mass is 10.1. The van der Waals surface area contributed by atoms with E-state index in [4.69, 9.17) is 23.3 Å². The summed E-state index contributed by atoms with van der Waals surface area (Å²) < 4.78 is 135. The van der Waals surface area contributed by atoms with E-state index in [9.17, 15) is 4.79 Å². The summed E-state index contributed by atoms with van der Waals surface area (Å²) in [6, 6.07) is -5.08. The van der Waals surface area contributed by atoms with Gasteiger partial charge in [-0.2, -0.15) is 0 Å². The molecule has 0 N–H and O–H groups in total. The third kappa shape index (κ3) is 2.97. The highest BCUT2D eigenvalue weighted by atomic mass is 16.2. The second-order valence-electron chi connectivity index (χ2n) is 4.56. The number of nitrogens with zero attached hydrogens (tertiary/aromatic N) is 3. The Morgan fingerprint density at radius 1 is 1.26 bits per heavy atom. The predicted octanol–water partition coefficient (Wildman–Crippen LogP) is 3.25. The maximum absolute atomic E-state index is 13.3. The number of fused-ring (bicyclic) bond motifs is 1. The van der Waals surface area contributed by atoms with E-state index in [2.05, 4.69) is 4.98 Å². The molecule has 1 aromatic carbocycles. The first kappa shape index (κ1) is 4.94. The molecule has 4 nitrogen and oxygen atoms in total. The number of benzene rings is 1. The number of likely N-dealkylation sites (N-methyl/N-ethyl adjacent to an activating group) is 1. The van der Waals surface area contributed by atoms with E-state index in [1.807, 2.05) is 0 Å². The molecule has 0 saturated heterocycles. The van der Waals surface area contributed by atoms with Crippen LogP contribution in [0.4, 0.5) is 0 Å². The SMILES string of the molecule is [2H]c1c([2H])c(C([2H])([2H])[2H])c([2H])c([2H])c1-c1nc2c([2H])c([2H])c(C)c([2H])n2c1C([2H])C(=O)N(C([2H])([2H])[2H])C([2H])([2H])[2H]. The second-order valence-corrected chi connectivity index (χ2v) is 4.56. The molecule has 1 amide bonds. The molecule has 2 aromatic heterocycles. The van der Waals surface area contributed by atoms with Crippen molar-refractivity contribution in [3.05, 3.63) is 59.2 Å². The average molecular weight is 325 g/mol. The molecule has 1 unspecified atom stereocenters. The van der Waals surface area contributed by atoms with Crippen molar-refractivity contribution >= 4 is 11.6 Å². The lowest BCUT2D eigenvalue weighted by Crippen LogP contribution is -2.24. The van der Waals surface area contributed by atoms with Gasteiger partial charge in [-0.3, -0.25) is 4.79 Å². The number of hydrogen-bond donors (Lipinski definition) is 0. The topological polar surface area (TPSA) is 37.6 Å². The standard InChI is InChI=1S/C19H21N3O/c1-13-5-8-15(9-6-13)19-16(11-18(23)21(3)4)22-12-14(2)7-10-17(22)20-19/h5-10,12H,11H2,1-4H3/i1D3,3D3,4D3,5D,6D,7D,8D,9D,10D,11D,12D. The number of carbonyl (C=O) groups excluding carboxylic acids is 1. The van der Waals surface area contributed by atoms with Gasteiger partial charge in [0.05, 0.1) is 27.4 Å². The zero-order valence-electron chi connectivity index (χ0n) is 28.8. The lowest BCUT2D eigenvalue weighted by molar-refractivity contribution is -0.128. The Labute approximate surface area is 160 Å². The van der Waals surface area contributed by atoms with Crippen molar-refractivity contribution in [2.24, 2.45) is 0 Å². The van der Waals surface area contributed by atoms with Gasteiger partial charge in [-0.25, -0.2) is 4.98 Å². The highest BCUT2D eigenvalue weighted by Gasteiger charge is 2.18. The van der Waals surface area contributed by atoms with Crippen LogP contribution in [0.25, 0.3) is 16.9 Å². The molecule has 3 aromatic rings. The summed E-state index contributed by atoms with van der Waals surface area (Å²) >= 11 is 0. The van der Waals surface area contributed by atoms with Crippen molar-refractivity contribution in [3.8, 4) is 11.3 Å². The van der Waals surface area contributed by atoms with E-state index < -0.39 is 109 Å². The second kappa shape index (κ2) is 5.88. The van der Waals surface area contributed by atoms with Crippen LogP contribution in [-0.4, -0.2) is 34.1 Å².